The summed E-state index contributed by atoms with van der Waals surface area (Å²) in [6.07, 6.45) is 0.615. The number of carbonyl (C=O) groups is 1. The molecule has 7 heteroatoms. The van der Waals surface area contributed by atoms with E-state index in [2.05, 4.69) is 4.98 Å². The largest absolute Gasteiger partial charge is 0.330 e. The van der Waals surface area contributed by atoms with E-state index >= 15 is 0 Å². The fourth-order valence-electron chi connectivity index (χ4n) is 1.34. The molecule has 0 aliphatic carbocycles. The number of nitrogens with two attached hydrogens (primary N) is 1. The zero-order valence-electron chi connectivity index (χ0n) is 11.5. The number of Topliss-reactive ketones (excluding diaryl/α,β-unsaturated/α-hetero) is 1. The Morgan fingerprint density at radius 3 is 2.58 bits per heavy atom. The first-order valence-electron chi connectivity index (χ1n) is 6.07. The summed E-state index contributed by atoms with van der Waals surface area (Å²) in [4.78, 5) is 16.0. The van der Waals surface area contributed by atoms with Crippen molar-refractivity contribution in [2.45, 2.75) is 38.4 Å². The number of rotatable bonds is 6. The zero-order chi connectivity index (χ0) is 14.7. The lowest BCUT2D eigenvalue weighted by Crippen LogP contribution is -2.31. The van der Waals surface area contributed by atoms with Crippen molar-refractivity contribution in [3.05, 3.63) is 16.1 Å². The van der Waals surface area contributed by atoms with Crippen LogP contribution in [0.2, 0.25) is 0 Å². The molecule has 108 valence electrons. The van der Waals surface area contributed by atoms with E-state index < -0.39 is 14.6 Å². The lowest BCUT2D eigenvalue weighted by Gasteiger charge is -2.18. The van der Waals surface area contributed by atoms with Gasteiger partial charge in [-0.3, -0.25) is 4.79 Å². The van der Waals surface area contributed by atoms with Crippen molar-refractivity contribution >= 4 is 27.0 Å². The molecule has 0 spiro atoms. The Labute approximate surface area is 118 Å². The molecule has 19 heavy (non-hydrogen) atoms. The molecule has 0 atom stereocenters. The molecule has 0 saturated heterocycles. The maximum absolute atomic E-state index is 11.9. The highest BCUT2D eigenvalue weighted by atomic mass is 32.2. The summed E-state index contributed by atoms with van der Waals surface area (Å²) in [6, 6.07) is 0. The highest BCUT2D eigenvalue weighted by Gasteiger charge is 2.29. The Hall–Kier alpha value is -0.790. The van der Waals surface area contributed by atoms with Gasteiger partial charge < -0.3 is 5.73 Å². The minimum atomic E-state index is -3.27. The summed E-state index contributed by atoms with van der Waals surface area (Å²) in [5.74, 6) is -0.369. The molecule has 0 aliphatic rings. The normalized spacial score (nSPS) is 12.6. The van der Waals surface area contributed by atoms with Crippen molar-refractivity contribution < 1.29 is 13.2 Å². The monoisotopic (exact) mass is 304 g/mol. The van der Waals surface area contributed by atoms with Crippen molar-refractivity contribution in [2.24, 2.45) is 5.73 Å². The maximum atomic E-state index is 11.9. The molecule has 0 unspecified atom stereocenters. The van der Waals surface area contributed by atoms with Crippen molar-refractivity contribution in [1.29, 1.82) is 0 Å². The molecular weight excluding hydrogens is 284 g/mol. The number of ketones is 1. The van der Waals surface area contributed by atoms with E-state index in [0.29, 0.717) is 18.7 Å². The van der Waals surface area contributed by atoms with E-state index in [4.69, 9.17) is 5.73 Å². The lowest BCUT2D eigenvalue weighted by molar-refractivity contribution is 0.0984. The van der Waals surface area contributed by atoms with Gasteiger partial charge in [-0.15, -0.1) is 11.3 Å². The van der Waals surface area contributed by atoms with Gasteiger partial charge in [0.1, 0.15) is 5.69 Å². The van der Waals surface area contributed by atoms with Gasteiger partial charge in [-0.25, -0.2) is 13.4 Å². The van der Waals surface area contributed by atoms with E-state index in [1.54, 1.807) is 26.2 Å². The van der Waals surface area contributed by atoms with Crippen molar-refractivity contribution in [2.75, 3.05) is 12.3 Å². The van der Waals surface area contributed by atoms with Crippen molar-refractivity contribution in [3.8, 4) is 0 Å². The summed E-state index contributed by atoms with van der Waals surface area (Å²) in [6.45, 7) is 5.39. The van der Waals surface area contributed by atoms with E-state index in [0.717, 1.165) is 5.01 Å². The first-order chi connectivity index (χ1) is 8.67. The molecule has 0 aliphatic heterocycles. The van der Waals surface area contributed by atoms with Crippen LogP contribution in [0.15, 0.2) is 5.38 Å². The highest BCUT2D eigenvalue weighted by molar-refractivity contribution is 7.92. The molecule has 1 aromatic heterocycles. The van der Waals surface area contributed by atoms with E-state index in [-0.39, 0.29) is 18.0 Å². The van der Waals surface area contributed by atoms with Crippen LogP contribution in [0, 0.1) is 0 Å². The SMILES string of the molecule is CC(C)(C)S(=O)(=O)CCC(=O)c1csc(CCN)n1. The molecule has 1 heterocycles. The Bertz CT molecular complexity index is 542. The smallest absolute Gasteiger partial charge is 0.183 e. The topological polar surface area (TPSA) is 90.1 Å². The summed E-state index contributed by atoms with van der Waals surface area (Å²) < 4.78 is 23.0. The second-order valence-electron chi connectivity index (χ2n) is 5.27. The summed E-state index contributed by atoms with van der Waals surface area (Å²) in [5, 5.41) is 2.47. The Balaban J connectivity index is 2.65. The average Bonchev–Trinajstić information content (AvgIpc) is 2.73. The average molecular weight is 304 g/mol. The third-order valence-corrected chi connectivity index (χ3v) is 6.24. The minimum Gasteiger partial charge on any atom is -0.330 e. The first kappa shape index (κ1) is 16.3. The summed E-state index contributed by atoms with van der Waals surface area (Å²) >= 11 is 1.38. The van der Waals surface area contributed by atoms with Crippen LogP contribution in [0.4, 0.5) is 0 Å². The number of carbonyl (C=O) groups excluding carboxylic acids is 1. The second-order valence-corrected chi connectivity index (χ2v) is 9.07. The van der Waals surface area contributed by atoms with Crippen LogP contribution in [-0.2, 0) is 16.3 Å². The fourth-order valence-corrected chi connectivity index (χ4v) is 3.22. The van der Waals surface area contributed by atoms with Crippen LogP contribution in [-0.4, -0.2) is 36.2 Å². The molecule has 0 bridgehead atoms. The Morgan fingerprint density at radius 2 is 2.05 bits per heavy atom. The highest BCUT2D eigenvalue weighted by Crippen LogP contribution is 2.18. The molecule has 1 aromatic rings. The van der Waals surface area contributed by atoms with E-state index in [1.807, 2.05) is 0 Å². The van der Waals surface area contributed by atoms with Gasteiger partial charge in [0.2, 0.25) is 0 Å². The van der Waals surface area contributed by atoms with Gasteiger partial charge in [0.15, 0.2) is 15.6 Å². The number of nitrogens with zero attached hydrogens (tertiary/aromatic N) is 1. The van der Waals surface area contributed by atoms with Gasteiger partial charge in [-0.1, -0.05) is 0 Å². The number of sulfone groups is 1. The quantitative estimate of drug-likeness (QED) is 0.803. The molecule has 2 N–H and O–H groups in total. The molecule has 0 radical (unpaired) electrons. The van der Waals surface area contributed by atoms with Crippen LogP contribution in [0.5, 0.6) is 0 Å². The van der Waals surface area contributed by atoms with Gasteiger partial charge >= 0.3 is 0 Å². The molecule has 0 saturated carbocycles. The van der Waals surface area contributed by atoms with Gasteiger partial charge in [0.05, 0.1) is 15.5 Å². The fraction of sp³-hybridized carbons (Fsp3) is 0.667. The molecule has 0 aromatic carbocycles. The van der Waals surface area contributed by atoms with Gasteiger partial charge in [-0.2, -0.15) is 0 Å². The van der Waals surface area contributed by atoms with Crippen LogP contribution < -0.4 is 5.73 Å². The Morgan fingerprint density at radius 1 is 1.42 bits per heavy atom. The van der Waals surface area contributed by atoms with Gasteiger partial charge in [0, 0.05) is 18.2 Å². The number of hydrogen-bond acceptors (Lipinski definition) is 6. The van der Waals surface area contributed by atoms with Crippen LogP contribution in [0.25, 0.3) is 0 Å². The molecular formula is C12H20N2O3S2. The maximum Gasteiger partial charge on any atom is 0.183 e. The summed E-state index contributed by atoms with van der Waals surface area (Å²) in [5.41, 5.74) is 5.76. The molecule has 1 rings (SSSR count). The van der Waals surface area contributed by atoms with Crippen LogP contribution >= 0.6 is 11.3 Å². The van der Waals surface area contributed by atoms with Gasteiger partial charge in [-0.05, 0) is 27.3 Å². The lowest BCUT2D eigenvalue weighted by atomic mass is 10.2. The third-order valence-electron chi connectivity index (χ3n) is 2.73. The number of aromatic nitrogens is 1. The first-order valence-corrected chi connectivity index (χ1v) is 8.60. The molecule has 0 amide bonds. The molecule has 5 nitrogen and oxygen atoms in total. The van der Waals surface area contributed by atoms with E-state index in [9.17, 15) is 13.2 Å². The zero-order valence-corrected chi connectivity index (χ0v) is 13.1. The van der Waals surface area contributed by atoms with Crippen molar-refractivity contribution in [3.63, 3.8) is 0 Å². The molecule has 0 fully saturated rings. The third kappa shape index (κ3) is 4.36. The van der Waals surface area contributed by atoms with Crippen LogP contribution in [0.3, 0.4) is 0 Å². The van der Waals surface area contributed by atoms with Crippen molar-refractivity contribution in [1.82, 2.24) is 4.98 Å². The van der Waals surface area contributed by atoms with E-state index in [1.165, 1.54) is 11.3 Å². The second kappa shape index (κ2) is 6.11. The van der Waals surface area contributed by atoms with Gasteiger partial charge in [0.25, 0.3) is 0 Å². The minimum absolute atomic E-state index is 0.0224. The predicted octanol–water partition coefficient (Wildman–Crippen LogP) is 1.43. The number of thiazole rings is 1. The predicted molar refractivity (Wildman–Crippen MR) is 77.4 cm³/mol. The summed E-state index contributed by atoms with van der Waals surface area (Å²) in [7, 11) is -3.27. The standard InChI is InChI=1S/C12H20N2O3S2/c1-12(2,3)19(16,17)7-5-10(15)9-8-18-11(14-9)4-6-13/h8H,4-7,13H2,1-3H3. The Kier molecular flexibility index (Phi) is 5.23. The van der Waals surface area contributed by atoms with Crippen LogP contribution in [0.1, 0.15) is 42.7 Å². The number of hydrogen-bond donors (Lipinski definition) is 1.